The molecule has 0 amide bonds. The van der Waals surface area contributed by atoms with Gasteiger partial charge in [0.1, 0.15) is 0 Å². The minimum atomic E-state index is -0.0119. The number of carbonyl (C=O) groups excluding carboxylic acids is 1. The summed E-state index contributed by atoms with van der Waals surface area (Å²) >= 11 is 0. The van der Waals surface area contributed by atoms with Gasteiger partial charge in [-0.25, -0.2) is 0 Å². The molecular weight excluding hydrogens is 180 g/mol. The predicted molar refractivity (Wildman–Crippen MR) is 52.0 cm³/mol. The molecule has 3 saturated carbocycles. The number of ether oxygens (including phenoxy) is 1. The first-order valence-corrected chi connectivity index (χ1v) is 5.12. The Kier molecular flexibility index (Phi) is 2.35. The molecule has 0 aromatic heterocycles. The summed E-state index contributed by atoms with van der Waals surface area (Å²) in [5.74, 6) is 0.531. The third-order valence-corrected chi connectivity index (χ3v) is 3.49. The molecule has 3 rings (SSSR count). The van der Waals surface area contributed by atoms with Gasteiger partial charge in [0.05, 0.1) is 11.9 Å². The Morgan fingerprint density at radius 2 is 2.21 bits per heavy atom. The summed E-state index contributed by atoms with van der Waals surface area (Å²) in [4.78, 5) is 11.9. The van der Waals surface area contributed by atoms with Gasteiger partial charge in [-0.3, -0.25) is 4.79 Å². The van der Waals surface area contributed by atoms with E-state index in [-0.39, 0.29) is 29.5 Å². The van der Waals surface area contributed by atoms with Gasteiger partial charge in [-0.2, -0.15) is 0 Å². The van der Waals surface area contributed by atoms with Crippen LogP contribution in [0.2, 0.25) is 0 Å². The van der Waals surface area contributed by atoms with Crippen molar-refractivity contribution in [2.24, 2.45) is 11.8 Å². The number of aliphatic hydroxyl groups is 1. The number of hydrogen-bond acceptors (Lipinski definition) is 3. The van der Waals surface area contributed by atoms with Gasteiger partial charge in [-0.1, -0.05) is 0 Å². The number of methoxy groups -OCH3 is 1. The number of fused-ring (bicyclic) bond motifs is 3. The van der Waals surface area contributed by atoms with E-state index in [1.165, 1.54) is 0 Å². The molecule has 0 radical (unpaired) electrons. The van der Waals surface area contributed by atoms with Crippen LogP contribution in [0.1, 0.15) is 26.2 Å². The minimum absolute atomic E-state index is 0.0119. The minimum Gasteiger partial charge on any atom is -0.512 e. The van der Waals surface area contributed by atoms with Crippen molar-refractivity contribution in [2.75, 3.05) is 7.11 Å². The van der Waals surface area contributed by atoms with Gasteiger partial charge < -0.3 is 9.84 Å². The fourth-order valence-electron chi connectivity index (χ4n) is 2.83. The summed E-state index contributed by atoms with van der Waals surface area (Å²) < 4.78 is 5.30. The van der Waals surface area contributed by atoms with E-state index in [1.54, 1.807) is 14.0 Å². The maximum absolute atomic E-state index is 11.9. The molecule has 3 heteroatoms. The summed E-state index contributed by atoms with van der Waals surface area (Å²) in [6, 6.07) is 0. The van der Waals surface area contributed by atoms with Gasteiger partial charge in [0.15, 0.2) is 5.78 Å². The highest BCUT2D eigenvalue weighted by atomic mass is 16.5. The van der Waals surface area contributed by atoms with Gasteiger partial charge in [-0.15, -0.1) is 0 Å². The number of rotatable bonds is 1. The highest BCUT2D eigenvalue weighted by molar-refractivity contribution is 6.00. The molecule has 3 aliphatic carbocycles. The quantitative estimate of drug-likeness (QED) is 0.514. The standard InChI is InChI=1S/C11H16O3/c1-6(12)10-7-3-4-8(11(10)13)9(5-7)14-2/h7-9,12H,3-5H2,1-2H3/b10-6-/t7-,8+,9-/m0/s1. The second-order valence-electron chi connectivity index (χ2n) is 4.25. The largest absolute Gasteiger partial charge is 0.512 e. The normalized spacial score (nSPS) is 40.1. The molecule has 14 heavy (non-hydrogen) atoms. The lowest BCUT2D eigenvalue weighted by Crippen LogP contribution is -2.45. The molecule has 3 atom stereocenters. The van der Waals surface area contributed by atoms with Crippen LogP contribution >= 0.6 is 0 Å². The van der Waals surface area contributed by atoms with Crippen molar-refractivity contribution in [3.8, 4) is 0 Å². The number of ketones is 1. The van der Waals surface area contributed by atoms with E-state index in [1.807, 2.05) is 0 Å². The van der Waals surface area contributed by atoms with Crippen LogP contribution in [0.5, 0.6) is 0 Å². The molecule has 0 aliphatic heterocycles. The van der Waals surface area contributed by atoms with Crippen molar-refractivity contribution >= 4 is 5.78 Å². The lowest BCUT2D eigenvalue weighted by molar-refractivity contribution is -0.131. The highest BCUT2D eigenvalue weighted by Crippen LogP contribution is 2.44. The molecule has 0 spiro atoms. The van der Waals surface area contributed by atoms with E-state index < -0.39 is 0 Å². The first kappa shape index (κ1) is 9.71. The zero-order valence-electron chi connectivity index (χ0n) is 8.62. The third-order valence-electron chi connectivity index (χ3n) is 3.49. The molecule has 0 unspecified atom stereocenters. The van der Waals surface area contributed by atoms with E-state index >= 15 is 0 Å². The van der Waals surface area contributed by atoms with E-state index in [0.29, 0.717) is 5.57 Å². The van der Waals surface area contributed by atoms with Crippen molar-refractivity contribution in [2.45, 2.75) is 32.3 Å². The van der Waals surface area contributed by atoms with Crippen LogP contribution in [0.25, 0.3) is 0 Å². The van der Waals surface area contributed by atoms with Gasteiger partial charge in [0.25, 0.3) is 0 Å². The molecule has 78 valence electrons. The average molecular weight is 196 g/mol. The number of carbonyl (C=O) groups is 1. The summed E-state index contributed by atoms with van der Waals surface area (Å²) in [5, 5.41) is 9.45. The van der Waals surface area contributed by atoms with Gasteiger partial charge >= 0.3 is 0 Å². The smallest absolute Gasteiger partial charge is 0.168 e. The topological polar surface area (TPSA) is 46.5 Å². The Bertz CT molecular complexity index is 289. The Hall–Kier alpha value is -0.830. The van der Waals surface area contributed by atoms with Crippen LogP contribution in [0.3, 0.4) is 0 Å². The Morgan fingerprint density at radius 1 is 1.50 bits per heavy atom. The number of hydrogen-bond donors (Lipinski definition) is 1. The molecule has 3 aliphatic rings. The lowest BCUT2D eigenvalue weighted by Gasteiger charge is -2.41. The molecule has 3 fully saturated rings. The molecule has 2 bridgehead atoms. The van der Waals surface area contributed by atoms with Gasteiger partial charge in [-0.05, 0) is 32.1 Å². The van der Waals surface area contributed by atoms with Gasteiger partial charge in [0.2, 0.25) is 0 Å². The van der Waals surface area contributed by atoms with Crippen LogP contribution < -0.4 is 0 Å². The number of Topliss-reactive ketones (excluding diaryl/α,β-unsaturated/α-hetero) is 1. The molecule has 3 nitrogen and oxygen atoms in total. The predicted octanol–water partition coefficient (Wildman–Crippen LogP) is 1.83. The van der Waals surface area contributed by atoms with Crippen molar-refractivity contribution in [3.05, 3.63) is 11.3 Å². The maximum atomic E-state index is 11.9. The van der Waals surface area contributed by atoms with Crippen LogP contribution in [-0.4, -0.2) is 24.1 Å². The van der Waals surface area contributed by atoms with Gasteiger partial charge in [0, 0.05) is 18.6 Å². The second-order valence-corrected chi connectivity index (χ2v) is 4.25. The van der Waals surface area contributed by atoms with Crippen LogP contribution in [0, 0.1) is 11.8 Å². The number of allylic oxidation sites excluding steroid dienone is 2. The van der Waals surface area contributed by atoms with Crippen LogP contribution in [0.4, 0.5) is 0 Å². The highest BCUT2D eigenvalue weighted by Gasteiger charge is 2.45. The summed E-state index contributed by atoms with van der Waals surface area (Å²) in [7, 11) is 1.66. The number of aliphatic hydroxyl groups excluding tert-OH is 1. The van der Waals surface area contributed by atoms with Crippen molar-refractivity contribution < 1.29 is 14.6 Å². The molecule has 0 saturated heterocycles. The third kappa shape index (κ3) is 1.27. The maximum Gasteiger partial charge on any atom is 0.168 e. The lowest BCUT2D eigenvalue weighted by atomic mass is 9.65. The first-order valence-electron chi connectivity index (χ1n) is 5.12. The molecule has 0 aromatic rings. The SMILES string of the molecule is CO[C@H]1C[C@@H]2CC[C@H]1C(=O)/C2=C(/C)O. The molecule has 1 N–H and O–H groups in total. The fourth-order valence-corrected chi connectivity index (χ4v) is 2.83. The Labute approximate surface area is 83.8 Å². The summed E-state index contributed by atoms with van der Waals surface area (Å²) in [6.07, 6.45) is 2.90. The average Bonchev–Trinajstić information content (AvgIpc) is 2.17. The van der Waals surface area contributed by atoms with E-state index in [9.17, 15) is 9.90 Å². The zero-order valence-corrected chi connectivity index (χ0v) is 8.62. The van der Waals surface area contributed by atoms with Crippen LogP contribution in [-0.2, 0) is 9.53 Å². The van der Waals surface area contributed by atoms with Crippen molar-refractivity contribution in [1.82, 2.24) is 0 Å². The molecule has 0 aromatic carbocycles. The van der Waals surface area contributed by atoms with E-state index in [0.717, 1.165) is 19.3 Å². The zero-order chi connectivity index (χ0) is 10.3. The fraction of sp³-hybridized carbons (Fsp3) is 0.727. The Morgan fingerprint density at radius 3 is 2.71 bits per heavy atom. The van der Waals surface area contributed by atoms with Crippen LogP contribution in [0.15, 0.2) is 11.3 Å². The summed E-state index contributed by atoms with van der Waals surface area (Å²) in [5.41, 5.74) is 0.662. The molecular formula is C11H16O3. The Balaban J connectivity index is 2.32. The van der Waals surface area contributed by atoms with Crippen molar-refractivity contribution in [3.63, 3.8) is 0 Å². The van der Waals surface area contributed by atoms with E-state index in [4.69, 9.17) is 4.74 Å². The molecule has 0 heterocycles. The van der Waals surface area contributed by atoms with Crippen molar-refractivity contribution in [1.29, 1.82) is 0 Å². The summed E-state index contributed by atoms with van der Waals surface area (Å²) in [6.45, 7) is 1.61. The second kappa shape index (κ2) is 3.39. The van der Waals surface area contributed by atoms with E-state index in [2.05, 4.69) is 0 Å². The first-order chi connectivity index (χ1) is 6.65. The monoisotopic (exact) mass is 196 g/mol.